The Hall–Kier alpha value is -2.84. The second-order valence-electron chi connectivity index (χ2n) is 6.81. The first kappa shape index (κ1) is 19.5. The maximum atomic E-state index is 13.3. The normalized spacial score (nSPS) is 16.3. The first-order valence-corrected chi connectivity index (χ1v) is 10.8. The first-order valence-electron chi connectivity index (χ1n) is 9.40. The molecular weight excluding hydrogens is 394 g/mol. The monoisotopic (exact) mass is 415 g/mol. The van der Waals surface area contributed by atoms with E-state index in [4.69, 9.17) is 13.9 Å². The van der Waals surface area contributed by atoms with Crippen LogP contribution in [-0.4, -0.2) is 38.5 Å². The third-order valence-electron chi connectivity index (χ3n) is 4.68. The number of para-hydroxylation sites is 2. The van der Waals surface area contributed by atoms with Crippen LogP contribution in [0.5, 0.6) is 11.5 Å². The van der Waals surface area contributed by atoms with E-state index in [-0.39, 0.29) is 18.0 Å². The fourth-order valence-electron chi connectivity index (χ4n) is 3.30. The van der Waals surface area contributed by atoms with E-state index in [9.17, 15) is 13.2 Å². The van der Waals surface area contributed by atoms with Crippen molar-refractivity contribution < 1.29 is 22.3 Å². The molecule has 7 nitrogen and oxygen atoms in total. The van der Waals surface area contributed by atoms with E-state index in [1.807, 2.05) is 25.1 Å². The highest BCUT2D eigenvalue weighted by molar-refractivity contribution is 7.89. The van der Waals surface area contributed by atoms with Crippen LogP contribution in [0.1, 0.15) is 13.3 Å². The maximum Gasteiger partial charge on any atom is 0.336 e. The highest BCUT2D eigenvalue weighted by Gasteiger charge is 2.30. The predicted molar refractivity (Wildman–Crippen MR) is 108 cm³/mol. The van der Waals surface area contributed by atoms with Crippen molar-refractivity contribution in [3.8, 4) is 11.5 Å². The molecule has 0 N–H and O–H groups in total. The average molecular weight is 415 g/mol. The van der Waals surface area contributed by atoms with Gasteiger partial charge in [-0.05, 0) is 42.8 Å². The lowest BCUT2D eigenvalue weighted by molar-refractivity contribution is 0.0764. The SMILES string of the molecule is CCCN(CC1COc2ccccc2O1)S(=O)(=O)c1ccc2oc(=O)ccc2c1. The summed E-state index contributed by atoms with van der Waals surface area (Å²) in [5, 5.41) is 0.549. The summed E-state index contributed by atoms with van der Waals surface area (Å²) >= 11 is 0. The number of benzene rings is 2. The van der Waals surface area contributed by atoms with Gasteiger partial charge in [0, 0.05) is 18.0 Å². The summed E-state index contributed by atoms with van der Waals surface area (Å²) < 4.78 is 44.7. The molecule has 2 aromatic carbocycles. The summed E-state index contributed by atoms with van der Waals surface area (Å²) in [6.07, 6.45) is 0.246. The van der Waals surface area contributed by atoms with Crippen molar-refractivity contribution in [2.24, 2.45) is 0 Å². The van der Waals surface area contributed by atoms with E-state index < -0.39 is 21.8 Å². The van der Waals surface area contributed by atoms with E-state index in [0.29, 0.717) is 35.4 Å². The number of nitrogens with zero attached hydrogens (tertiary/aromatic N) is 1. The van der Waals surface area contributed by atoms with Crippen LogP contribution in [0.4, 0.5) is 0 Å². The molecule has 0 fully saturated rings. The molecule has 0 aliphatic carbocycles. The lowest BCUT2D eigenvalue weighted by Crippen LogP contribution is -2.44. The molecule has 0 radical (unpaired) electrons. The van der Waals surface area contributed by atoms with Gasteiger partial charge in [-0.1, -0.05) is 19.1 Å². The van der Waals surface area contributed by atoms with Gasteiger partial charge in [-0.25, -0.2) is 13.2 Å². The fraction of sp³-hybridized carbons (Fsp3) is 0.286. The topological polar surface area (TPSA) is 86.1 Å². The molecule has 0 spiro atoms. The van der Waals surface area contributed by atoms with Crippen LogP contribution in [0.3, 0.4) is 0 Å². The van der Waals surface area contributed by atoms with Crippen molar-refractivity contribution in [3.63, 3.8) is 0 Å². The van der Waals surface area contributed by atoms with Gasteiger partial charge in [0.15, 0.2) is 11.5 Å². The van der Waals surface area contributed by atoms with Crippen molar-refractivity contribution >= 4 is 21.0 Å². The quantitative estimate of drug-likeness (QED) is 0.575. The minimum absolute atomic E-state index is 0.143. The number of ether oxygens (including phenoxy) is 2. The molecule has 1 aromatic heterocycles. The molecule has 1 unspecified atom stereocenters. The zero-order chi connectivity index (χ0) is 20.4. The second kappa shape index (κ2) is 7.88. The van der Waals surface area contributed by atoms with Gasteiger partial charge in [-0.2, -0.15) is 4.31 Å². The van der Waals surface area contributed by atoms with E-state index in [2.05, 4.69) is 0 Å². The standard InChI is InChI=1S/C21H21NO6S/c1-2-11-22(13-16-14-26-19-5-3-4-6-20(19)27-16)29(24,25)17-8-9-18-15(12-17)7-10-21(23)28-18/h3-10,12,16H,2,11,13-14H2,1H3. The Kier molecular flexibility index (Phi) is 5.29. The minimum atomic E-state index is -3.76. The predicted octanol–water partition coefficient (Wildman–Crippen LogP) is 3.03. The van der Waals surface area contributed by atoms with Gasteiger partial charge in [0.2, 0.25) is 10.0 Å². The Labute approximate surface area is 168 Å². The number of hydrogen-bond acceptors (Lipinski definition) is 6. The Morgan fingerprint density at radius 3 is 2.66 bits per heavy atom. The second-order valence-corrected chi connectivity index (χ2v) is 8.75. The van der Waals surface area contributed by atoms with Crippen LogP contribution >= 0.6 is 0 Å². The molecule has 0 saturated carbocycles. The number of hydrogen-bond donors (Lipinski definition) is 0. The van der Waals surface area contributed by atoms with Crippen molar-refractivity contribution in [1.29, 1.82) is 0 Å². The van der Waals surface area contributed by atoms with Gasteiger partial charge in [0.05, 0.1) is 11.4 Å². The molecule has 8 heteroatoms. The molecule has 2 heterocycles. The zero-order valence-corrected chi connectivity index (χ0v) is 16.7. The minimum Gasteiger partial charge on any atom is -0.486 e. The molecule has 0 saturated heterocycles. The molecule has 3 aromatic rings. The van der Waals surface area contributed by atoms with Gasteiger partial charge in [-0.3, -0.25) is 0 Å². The van der Waals surface area contributed by atoms with Crippen molar-refractivity contribution in [1.82, 2.24) is 4.31 Å². The number of rotatable bonds is 6. The van der Waals surface area contributed by atoms with Gasteiger partial charge in [-0.15, -0.1) is 0 Å². The highest BCUT2D eigenvalue weighted by Crippen LogP contribution is 2.31. The van der Waals surface area contributed by atoms with Crippen LogP contribution in [0.15, 0.2) is 68.7 Å². The Balaban J connectivity index is 1.60. The van der Waals surface area contributed by atoms with Gasteiger partial charge < -0.3 is 13.9 Å². The summed E-state index contributed by atoms with van der Waals surface area (Å²) in [7, 11) is -3.76. The van der Waals surface area contributed by atoms with Gasteiger partial charge in [0.25, 0.3) is 0 Å². The molecule has 1 aliphatic heterocycles. The van der Waals surface area contributed by atoms with Crippen molar-refractivity contribution in [2.75, 3.05) is 19.7 Å². The zero-order valence-electron chi connectivity index (χ0n) is 15.9. The van der Waals surface area contributed by atoms with E-state index >= 15 is 0 Å². The molecule has 29 heavy (non-hydrogen) atoms. The smallest absolute Gasteiger partial charge is 0.336 e. The molecular formula is C21H21NO6S. The fourth-order valence-corrected chi connectivity index (χ4v) is 4.90. The Morgan fingerprint density at radius 1 is 1.07 bits per heavy atom. The molecule has 4 rings (SSSR count). The summed E-state index contributed by atoms with van der Waals surface area (Å²) in [5.41, 5.74) is -0.130. The van der Waals surface area contributed by atoms with Crippen molar-refractivity contribution in [2.45, 2.75) is 24.3 Å². The Bertz CT molecular complexity index is 1190. The third kappa shape index (κ3) is 3.99. The summed E-state index contributed by atoms with van der Waals surface area (Å²) in [5.74, 6) is 1.27. The lowest BCUT2D eigenvalue weighted by Gasteiger charge is -2.30. The third-order valence-corrected chi connectivity index (χ3v) is 6.54. The van der Waals surface area contributed by atoms with Crippen molar-refractivity contribution in [3.05, 3.63) is 65.0 Å². The summed E-state index contributed by atoms with van der Waals surface area (Å²) in [6.45, 7) is 2.72. The van der Waals surface area contributed by atoms with Crippen LogP contribution in [0.25, 0.3) is 11.0 Å². The molecule has 152 valence electrons. The van der Waals surface area contributed by atoms with Crippen LogP contribution in [0.2, 0.25) is 0 Å². The first-order chi connectivity index (χ1) is 14.0. The largest absolute Gasteiger partial charge is 0.486 e. The molecule has 0 bridgehead atoms. The summed E-state index contributed by atoms with van der Waals surface area (Å²) in [4.78, 5) is 11.5. The van der Waals surface area contributed by atoms with E-state index in [1.54, 1.807) is 12.1 Å². The molecule has 1 aliphatic rings. The molecule has 0 amide bonds. The van der Waals surface area contributed by atoms with Crippen LogP contribution in [0, 0.1) is 0 Å². The van der Waals surface area contributed by atoms with E-state index in [0.717, 1.165) is 0 Å². The maximum absolute atomic E-state index is 13.3. The average Bonchev–Trinajstić information content (AvgIpc) is 2.73. The van der Waals surface area contributed by atoms with Crippen LogP contribution in [-0.2, 0) is 10.0 Å². The van der Waals surface area contributed by atoms with Gasteiger partial charge in [0.1, 0.15) is 18.3 Å². The number of fused-ring (bicyclic) bond motifs is 2. The van der Waals surface area contributed by atoms with Crippen LogP contribution < -0.4 is 15.1 Å². The lowest BCUT2D eigenvalue weighted by atomic mass is 10.2. The van der Waals surface area contributed by atoms with E-state index in [1.165, 1.54) is 28.6 Å². The Morgan fingerprint density at radius 2 is 1.86 bits per heavy atom. The number of sulfonamides is 1. The van der Waals surface area contributed by atoms with Gasteiger partial charge >= 0.3 is 5.63 Å². The summed E-state index contributed by atoms with van der Waals surface area (Å²) in [6, 6.07) is 14.6. The highest BCUT2D eigenvalue weighted by atomic mass is 32.2. The molecule has 1 atom stereocenters.